The van der Waals surface area contributed by atoms with E-state index in [9.17, 15) is 19.5 Å². The molecule has 0 radical (unpaired) electrons. The molecule has 3 heterocycles. The Kier molecular flexibility index (Phi) is 5.21. The Morgan fingerprint density at radius 2 is 2.07 bits per heavy atom. The number of likely N-dealkylation sites (tertiary alicyclic amines) is 2. The van der Waals surface area contributed by atoms with Gasteiger partial charge in [0.1, 0.15) is 11.8 Å². The van der Waals surface area contributed by atoms with Crippen LogP contribution in [0.5, 0.6) is 5.75 Å². The molecule has 3 aliphatic rings. The highest BCUT2D eigenvalue weighted by Crippen LogP contribution is 2.34. The van der Waals surface area contributed by atoms with Gasteiger partial charge in [0.15, 0.2) is 5.72 Å². The summed E-state index contributed by atoms with van der Waals surface area (Å²) >= 11 is 0. The first-order chi connectivity index (χ1) is 13.9. The summed E-state index contributed by atoms with van der Waals surface area (Å²) < 4.78 is 6.14. The Balaban J connectivity index is 1.48. The van der Waals surface area contributed by atoms with E-state index in [4.69, 9.17) is 4.74 Å². The molecule has 1 aromatic rings. The minimum absolute atomic E-state index is 0.128. The predicted molar refractivity (Wildman–Crippen MR) is 104 cm³/mol. The van der Waals surface area contributed by atoms with E-state index in [1.807, 2.05) is 6.07 Å². The molecule has 2 N–H and O–H groups in total. The van der Waals surface area contributed by atoms with Gasteiger partial charge >= 0.3 is 0 Å². The Hall–Kier alpha value is -2.61. The van der Waals surface area contributed by atoms with Crippen LogP contribution in [0.2, 0.25) is 0 Å². The summed E-state index contributed by atoms with van der Waals surface area (Å²) in [6.07, 6.45) is 1.89. The third-order valence-corrected chi connectivity index (χ3v) is 6.13. The van der Waals surface area contributed by atoms with Crippen LogP contribution in [0.4, 0.5) is 0 Å². The number of benzene rings is 1. The van der Waals surface area contributed by atoms with Gasteiger partial charge in [0, 0.05) is 38.9 Å². The number of nitrogens with zero attached hydrogens (tertiary/aromatic N) is 2. The lowest BCUT2D eigenvalue weighted by Gasteiger charge is -2.39. The van der Waals surface area contributed by atoms with Crippen molar-refractivity contribution in [2.75, 3.05) is 19.6 Å². The molecular formula is C21H27N3O5. The van der Waals surface area contributed by atoms with Gasteiger partial charge in [-0.2, -0.15) is 0 Å². The third-order valence-electron chi connectivity index (χ3n) is 6.13. The average Bonchev–Trinajstić information content (AvgIpc) is 2.86. The van der Waals surface area contributed by atoms with Crippen molar-refractivity contribution < 1.29 is 24.2 Å². The van der Waals surface area contributed by atoms with Crippen LogP contribution in [0.3, 0.4) is 0 Å². The lowest BCUT2D eigenvalue weighted by atomic mass is 10.0. The molecule has 4 rings (SSSR count). The first-order valence-electron chi connectivity index (χ1n) is 10.3. The monoisotopic (exact) mass is 401 g/mol. The highest BCUT2D eigenvalue weighted by Gasteiger charge is 2.44. The summed E-state index contributed by atoms with van der Waals surface area (Å²) in [5.74, 6) is 0.0340. The zero-order chi connectivity index (χ0) is 20.6. The third kappa shape index (κ3) is 3.81. The summed E-state index contributed by atoms with van der Waals surface area (Å²) in [7, 11) is 0. The molecular weight excluding hydrogens is 374 g/mol. The second-order valence-electron chi connectivity index (χ2n) is 8.14. The lowest BCUT2D eigenvalue weighted by molar-refractivity contribution is -0.146. The molecule has 0 bridgehead atoms. The topological polar surface area (TPSA) is 99.2 Å². The van der Waals surface area contributed by atoms with Crippen molar-refractivity contribution in [1.82, 2.24) is 15.1 Å². The first kappa shape index (κ1) is 19.7. The van der Waals surface area contributed by atoms with Gasteiger partial charge in [-0.1, -0.05) is 12.1 Å². The smallest absolute Gasteiger partial charge is 0.258 e. The molecule has 2 saturated heterocycles. The number of β-amino-alcohol motifs (C(OH)–C–C–N with tert-alkyl or cyclic N) is 1. The number of aliphatic hydroxyl groups excluding tert-OH is 1. The van der Waals surface area contributed by atoms with Crippen molar-refractivity contribution in [2.24, 2.45) is 0 Å². The molecule has 8 nitrogen and oxygen atoms in total. The number of piperidine rings is 1. The van der Waals surface area contributed by atoms with Crippen LogP contribution in [0.1, 0.15) is 49.4 Å². The maximum absolute atomic E-state index is 12.9. The first-order valence-corrected chi connectivity index (χ1v) is 10.3. The van der Waals surface area contributed by atoms with E-state index in [-0.39, 0.29) is 24.1 Å². The molecule has 1 spiro atoms. The minimum atomic E-state index is -0.945. The van der Waals surface area contributed by atoms with Gasteiger partial charge in [-0.25, -0.2) is 0 Å². The number of nitrogens with one attached hydrogen (secondary N) is 1. The highest BCUT2D eigenvalue weighted by atomic mass is 16.5. The van der Waals surface area contributed by atoms with Crippen LogP contribution in [0.25, 0.3) is 0 Å². The van der Waals surface area contributed by atoms with E-state index >= 15 is 0 Å². The van der Waals surface area contributed by atoms with Crippen molar-refractivity contribution in [3.63, 3.8) is 0 Å². The number of carbonyl (C=O) groups is 3. The van der Waals surface area contributed by atoms with Crippen molar-refractivity contribution in [1.29, 1.82) is 0 Å². The number of rotatable bonds is 2. The SMILES string of the molecule is CC(C(=O)N1CCCC(O)C1)N1CCC2(CCC1=O)NC(=O)c1ccccc1O2. The Morgan fingerprint density at radius 3 is 2.86 bits per heavy atom. The molecule has 3 amide bonds. The Labute approximate surface area is 169 Å². The summed E-state index contributed by atoms with van der Waals surface area (Å²) in [6, 6.07) is 6.44. The summed E-state index contributed by atoms with van der Waals surface area (Å²) in [4.78, 5) is 41.5. The van der Waals surface area contributed by atoms with E-state index in [0.717, 1.165) is 6.42 Å². The lowest BCUT2D eigenvalue weighted by Crippen LogP contribution is -2.57. The fourth-order valence-corrected chi connectivity index (χ4v) is 4.45. The number of aliphatic hydroxyl groups is 1. The van der Waals surface area contributed by atoms with Crippen LogP contribution in [-0.4, -0.2) is 70.1 Å². The number of hydrogen-bond donors (Lipinski definition) is 2. The number of ether oxygens (including phenoxy) is 1. The van der Waals surface area contributed by atoms with E-state index in [1.54, 1.807) is 34.9 Å². The molecule has 2 fully saturated rings. The van der Waals surface area contributed by atoms with E-state index < -0.39 is 17.9 Å². The van der Waals surface area contributed by atoms with Gasteiger partial charge in [0.25, 0.3) is 5.91 Å². The second-order valence-corrected chi connectivity index (χ2v) is 8.14. The molecule has 3 atom stereocenters. The van der Waals surface area contributed by atoms with Crippen LogP contribution in [0, 0.1) is 0 Å². The Bertz CT molecular complexity index is 828. The zero-order valence-electron chi connectivity index (χ0n) is 16.6. The Morgan fingerprint density at radius 1 is 1.28 bits per heavy atom. The number of hydrogen-bond acceptors (Lipinski definition) is 5. The van der Waals surface area contributed by atoms with Gasteiger partial charge in [-0.15, -0.1) is 0 Å². The maximum atomic E-state index is 12.9. The summed E-state index contributed by atoms with van der Waals surface area (Å²) in [5, 5.41) is 12.8. The van der Waals surface area contributed by atoms with Crippen molar-refractivity contribution in [3.8, 4) is 5.75 Å². The minimum Gasteiger partial charge on any atom is -0.467 e. The number of para-hydroxylation sites is 1. The highest BCUT2D eigenvalue weighted by molar-refractivity contribution is 5.98. The quantitative estimate of drug-likeness (QED) is 0.767. The normalized spacial score (nSPS) is 28.3. The van der Waals surface area contributed by atoms with Crippen LogP contribution >= 0.6 is 0 Å². The number of fused-ring (bicyclic) bond motifs is 1. The molecule has 0 saturated carbocycles. The number of amides is 3. The maximum Gasteiger partial charge on any atom is 0.258 e. The van der Waals surface area contributed by atoms with Crippen molar-refractivity contribution in [3.05, 3.63) is 29.8 Å². The molecule has 1 aromatic carbocycles. The van der Waals surface area contributed by atoms with E-state index in [0.29, 0.717) is 50.2 Å². The molecule has 3 aliphatic heterocycles. The second kappa shape index (κ2) is 7.67. The summed E-state index contributed by atoms with van der Waals surface area (Å²) in [6.45, 7) is 2.95. The molecule has 8 heteroatoms. The molecule has 29 heavy (non-hydrogen) atoms. The molecule has 3 unspecified atom stereocenters. The fourth-order valence-electron chi connectivity index (χ4n) is 4.45. The largest absolute Gasteiger partial charge is 0.467 e. The van der Waals surface area contributed by atoms with E-state index in [1.165, 1.54) is 0 Å². The van der Waals surface area contributed by atoms with Gasteiger partial charge in [-0.3, -0.25) is 14.4 Å². The molecule has 0 aliphatic carbocycles. The zero-order valence-corrected chi connectivity index (χ0v) is 16.6. The van der Waals surface area contributed by atoms with Crippen LogP contribution < -0.4 is 10.1 Å². The standard InChI is InChI=1S/C21H27N3O5/c1-14(20(28)23-11-4-5-15(25)13-23)24-12-10-21(9-8-18(24)26)22-19(27)16-6-2-3-7-17(16)29-21/h2-3,6-7,14-15,25H,4-5,8-13H2,1H3,(H,22,27). The van der Waals surface area contributed by atoms with Gasteiger partial charge in [0.05, 0.1) is 11.7 Å². The number of carbonyl (C=O) groups excluding carboxylic acids is 3. The van der Waals surface area contributed by atoms with Crippen molar-refractivity contribution in [2.45, 2.75) is 56.9 Å². The van der Waals surface area contributed by atoms with Gasteiger partial charge in [-0.05, 0) is 31.9 Å². The van der Waals surface area contributed by atoms with Crippen molar-refractivity contribution >= 4 is 17.7 Å². The fraction of sp³-hybridized carbons (Fsp3) is 0.571. The van der Waals surface area contributed by atoms with Gasteiger partial charge < -0.3 is 25.0 Å². The average molecular weight is 401 g/mol. The van der Waals surface area contributed by atoms with Crippen LogP contribution in [-0.2, 0) is 9.59 Å². The molecule has 156 valence electrons. The van der Waals surface area contributed by atoms with E-state index in [2.05, 4.69) is 5.32 Å². The van der Waals surface area contributed by atoms with Gasteiger partial charge in [0.2, 0.25) is 11.8 Å². The van der Waals surface area contributed by atoms with Crippen LogP contribution in [0.15, 0.2) is 24.3 Å². The molecule has 0 aromatic heterocycles. The summed E-state index contributed by atoms with van der Waals surface area (Å²) in [5.41, 5.74) is -0.460. The predicted octanol–water partition coefficient (Wildman–Crippen LogP) is 0.889.